The topological polar surface area (TPSA) is 97.7 Å². The van der Waals surface area contributed by atoms with Crippen LogP contribution in [0.1, 0.15) is 19.8 Å². The molecular formula is C10H12O6. The van der Waals surface area contributed by atoms with E-state index in [2.05, 4.69) is 0 Å². The third kappa shape index (κ3) is 2.65. The predicted octanol–water partition coefficient (Wildman–Crippen LogP) is -0.203. The van der Waals surface area contributed by atoms with Crippen molar-refractivity contribution in [2.75, 3.05) is 0 Å². The first-order valence-electron chi connectivity index (χ1n) is 4.82. The number of hydrogen-bond donors (Lipinski definition) is 1. The molecule has 0 bridgehead atoms. The molecule has 0 spiro atoms. The highest BCUT2D eigenvalue weighted by molar-refractivity contribution is 5.91. The molecule has 0 aliphatic heterocycles. The summed E-state index contributed by atoms with van der Waals surface area (Å²) in [6, 6.07) is 0. The van der Waals surface area contributed by atoms with Crippen LogP contribution in [0.2, 0.25) is 0 Å². The van der Waals surface area contributed by atoms with Crippen LogP contribution in [0.15, 0.2) is 0 Å². The Morgan fingerprint density at radius 2 is 2.19 bits per heavy atom. The summed E-state index contributed by atoms with van der Waals surface area (Å²) in [5.74, 6) is -3.79. The van der Waals surface area contributed by atoms with Crippen molar-refractivity contribution in [2.45, 2.75) is 25.9 Å². The van der Waals surface area contributed by atoms with Gasteiger partial charge >= 0.3 is 11.9 Å². The van der Waals surface area contributed by atoms with Crippen LogP contribution in [0.3, 0.4) is 0 Å². The first-order chi connectivity index (χ1) is 7.45. The van der Waals surface area contributed by atoms with E-state index in [1.807, 2.05) is 0 Å². The van der Waals surface area contributed by atoms with E-state index in [0.717, 1.165) is 0 Å². The summed E-state index contributed by atoms with van der Waals surface area (Å²) in [5.41, 5.74) is 0. The number of carboxylic acid groups (broad SMARTS) is 1. The van der Waals surface area contributed by atoms with Gasteiger partial charge in [0.05, 0.1) is 12.3 Å². The van der Waals surface area contributed by atoms with Gasteiger partial charge in [-0.15, -0.1) is 0 Å². The van der Waals surface area contributed by atoms with Gasteiger partial charge in [0.25, 0.3) is 0 Å². The van der Waals surface area contributed by atoms with Crippen LogP contribution < -0.4 is 0 Å². The lowest BCUT2D eigenvalue weighted by Gasteiger charge is -2.16. The first kappa shape index (κ1) is 12.4. The second kappa shape index (κ2) is 4.87. The number of ether oxygens (including phenoxy) is 1. The van der Waals surface area contributed by atoms with E-state index in [4.69, 9.17) is 9.84 Å². The molecule has 3 unspecified atom stereocenters. The largest absolute Gasteiger partial charge is 0.481 e. The Bertz CT molecular complexity index is 334. The van der Waals surface area contributed by atoms with Gasteiger partial charge in [0.15, 0.2) is 0 Å². The van der Waals surface area contributed by atoms with Gasteiger partial charge in [0.2, 0.25) is 0 Å². The highest BCUT2D eigenvalue weighted by atomic mass is 16.5. The number of aldehydes is 1. The summed E-state index contributed by atoms with van der Waals surface area (Å²) in [7, 11) is 0. The molecule has 0 heterocycles. The summed E-state index contributed by atoms with van der Waals surface area (Å²) >= 11 is 0. The number of hydrogen-bond acceptors (Lipinski definition) is 5. The molecule has 0 amide bonds. The minimum absolute atomic E-state index is 0.0824. The number of carboxylic acids is 1. The zero-order valence-corrected chi connectivity index (χ0v) is 8.71. The molecule has 6 heteroatoms. The second-order valence-electron chi connectivity index (χ2n) is 3.74. The number of ketones is 1. The van der Waals surface area contributed by atoms with Gasteiger partial charge in [-0.05, 0) is 0 Å². The number of carbonyl (C=O) groups is 4. The van der Waals surface area contributed by atoms with E-state index in [1.54, 1.807) is 0 Å². The number of Topliss-reactive ketones (excluding diaryl/α,β-unsaturated/α-hetero) is 1. The maximum Gasteiger partial charge on any atom is 0.304 e. The van der Waals surface area contributed by atoms with Gasteiger partial charge in [0.1, 0.15) is 18.2 Å². The van der Waals surface area contributed by atoms with E-state index < -0.39 is 36.3 Å². The molecular weight excluding hydrogens is 216 g/mol. The predicted molar refractivity (Wildman–Crippen MR) is 50.5 cm³/mol. The lowest BCUT2D eigenvalue weighted by Crippen LogP contribution is -2.27. The minimum Gasteiger partial charge on any atom is -0.481 e. The van der Waals surface area contributed by atoms with Crippen LogP contribution in [0.4, 0.5) is 0 Å². The maximum absolute atomic E-state index is 11.5. The van der Waals surface area contributed by atoms with Gasteiger partial charge in [-0.3, -0.25) is 14.4 Å². The summed E-state index contributed by atoms with van der Waals surface area (Å²) in [6.07, 6.45) is -0.806. The highest BCUT2D eigenvalue weighted by Gasteiger charge is 2.45. The second-order valence-corrected chi connectivity index (χ2v) is 3.74. The van der Waals surface area contributed by atoms with Crippen LogP contribution in [0.25, 0.3) is 0 Å². The summed E-state index contributed by atoms with van der Waals surface area (Å²) in [6.45, 7) is 1.18. The fourth-order valence-corrected chi connectivity index (χ4v) is 1.91. The number of carbonyl (C=O) groups excluding carboxylic acids is 3. The molecule has 1 aliphatic carbocycles. The van der Waals surface area contributed by atoms with E-state index in [1.165, 1.54) is 6.92 Å². The Balaban J connectivity index is 2.78. The van der Waals surface area contributed by atoms with E-state index in [0.29, 0.717) is 6.29 Å². The molecule has 88 valence electrons. The number of esters is 1. The SMILES string of the molecule is CC(=O)OC1CC(=O)C(CC(=O)O)C1C=O. The minimum atomic E-state index is -1.14. The molecule has 6 nitrogen and oxygen atoms in total. The van der Waals surface area contributed by atoms with Crippen LogP contribution in [0, 0.1) is 11.8 Å². The fraction of sp³-hybridized carbons (Fsp3) is 0.600. The summed E-state index contributed by atoms with van der Waals surface area (Å²) in [5, 5.41) is 8.60. The van der Waals surface area contributed by atoms with Crippen molar-refractivity contribution in [2.24, 2.45) is 11.8 Å². The highest BCUT2D eigenvalue weighted by Crippen LogP contribution is 2.32. The van der Waals surface area contributed by atoms with E-state index >= 15 is 0 Å². The third-order valence-corrected chi connectivity index (χ3v) is 2.58. The van der Waals surface area contributed by atoms with Crippen molar-refractivity contribution in [3.05, 3.63) is 0 Å². The molecule has 1 rings (SSSR count). The van der Waals surface area contributed by atoms with Crippen molar-refractivity contribution >= 4 is 24.0 Å². The average Bonchev–Trinajstić information content (AvgIpc) is 2.41. The van der Waals surface area contributed by atoms with Gasteiger partial charge in [-0.2, -0.15) is 0 Å². The van der Waals surface area contributed by atoms with Crippen molar-refractivity contribution in [1.82, 2.24) is 0 Å². The van der Waals surface area contributed by atoms with Gasteiger partial charge in [-0.1, -0.05) is 0 Å². The average molecular weight is 228 g/mol. The van der Waals surface area contributed by atoms with Crippen LogP contribution in [0.5, 0.6) is 0 Å². The third-order valence-electron chi connectivity index (χ3n) is 2.58. The summed E-state index contributed by atoms with van der Waals surface area (Å²) in [4.78, 5) is 43.5. The normalized spacial score (nSPS) is 28.8. The Kier molecular flexibility index (Phi) is 3.76. The molecule has 0 radical (unpaired) electrons. The molecule has 0 aromatic carbocycles. The molecule has 1 aliphatic rings. The lowest BCUT2D eigenvalue weighted by atomic mass is 9.92. The van der Waals surface area contributed by atoms with Crippen molar-refractivity contribution in [3.63, 3.8) is 0 Å². The molecule has 0 aromatic heterocycles. The standard InChI is InChI=1S/C10H12O6/c1-5(12)16-9-3-8(13)6(2-10(14)15)7(9)4-11/h4,6-7,9H,2-3H2,1H3,(H,14,15). The van der Waals surface area contributed by atoms with Crippen LogP contribution in [-0.4, -0.2) is 35.2 Å². The Morgan fingerprint density at radius 1 is 1.56 bits per heavy atom. The van der Waals surface area contributed by atoms with Crippen molar-refractivity contribution in [3.8, 4) is 0 Å². The molecule has 0 saturated heterocycles. The number of aliphatic carboxylic acids is 1. The van der Waals surface area contributed by atoms with Gasteiger partial charge in [-0.25, -0.2) is 0 Å². The van der Waals surface area contributed by atoms with Crippen LogP contribution in [-0.2, 0) is 23.9 Å². The Morgan fingerprint density at radius 3 is 2.62 bits per heavy atom. The molecule has 1 fully saturated rings. The molecule has 3 atom stereocenters. The molecule has 1 N–H and O–H groups in total. The zero-order chi connectivity index (χ0) is 12.3. The smallest absolute Gasteiger partial charge is 0.304 e. The van der Waals surface area contributed by atoms with Crippen molar-refractivity contribution < 1.29 is 29.0 Å². The maximum atomic E-state index is 11.5. The fourth-order valence-electron chi connectivity index (χ4n) is 1.91. The lowest BCUT2D eigenvalue weighted by molar-refractivity contribution is -0.149. The van der Waals surface area contributed by atoms with E-state index in [9.17, 15) is 19.2 Å². The first-order valence-corrected chi connectivity index (χ1v) is 4.82. The molecule has 0 aromatic rings. The van der Waals surface area contributed by atoms with Crippen molar-refractivity contribution in [1.29, 1.82) is 0 Å². The Labute approximate surface area is 91.6 Å². The number of rotatable bonds is 4. The van der Waals surface area contributed by atoms with Crippen LogP contribution >= 0.6 is 0 Å². The van der Waals surface area contributed by atoms with Gasteiger partial charge < -0.3 is 14.6 Å². The quantitative estimate of drug-likeness (QED) is 0.528. The van der Waals surface area contributed by atoms with E-state index in [-0.39, 0.29) is 12.2 Å². The molecule has 16 heavy (non-hydrogen) atoms. The Hall–Kier alpha value is -1.72. The van der Waals surface area contributed by atoms with Gasteiger partial charge in [0, 0.05) is 19.3 Å². The monoisotopic (exact) mass is 228 g/mol. The zero-order valence-electron chi connectivity index (χ0n) is 8.71. The summed E-state index contributed by atoms with van der Waals surface area (Å²) < 4.78 is 4.81. The molecule has 1 saturated carbocycles.